The van der Waals surface area contributed by atoms with Gasteiger partial charge in [-0.25, -0.2) is 9.38 Å². The van der Waals surface area contributed by atoms with Crippen molar-refractivity contribution >= 4 is 11.9 Å². The van der Waals surface area contributed by atoms with Crippen molar-refractivity contribution in [3.8, 4) is 0 Å². The van der Waals surface area contributed by atoms with Gasteiger partial charge in [0.15, 0.2) is 5.96 Å². The second-order valence-electron chi connectivity index (χ2n) is 6.51. The van der Waals surface area contributed by atoms with Gasteiger partial charge in [-0.3, -0.25) is 4.79 Å². The molecule has 1 fully saturated rings. The fraction of sp³-hybridized carbons (Fsp3) is 0.700. The summed E-state index contributed by atoms with van der Waals surface area (Å²) >= 11 is 0. The molecule has 1 aliphatic heterocycles. The normalized spacial score (nSPS) is 29.2. The smallest absolute Gasteiger partial charge is 0.308 e. The summed E-state index contributed by atoms with van der Waals surface area (Å²) in [5.41, 5.74) is 6.17. The number of halogens is 1. The topological polar surface area (TPSA) is 67.9 Å². The van der Waals surface area contributed by atoms with Crippen LogP contribution in [0.2, 0.25) is 0 Å². The highest BCUT2D eigenvalue weighted by atomic mass is 19.1. The van der Waals surface area contributed by atoms with E-state index < -0.39 is 0 Å². The second-order valence-corrected chi connectivity index (χ2v) is 6.51. The highest BCUT2D eigenvalue weighted by Crippen LogP contribution is 2.32. The first-order valence-corrected chi connectivity index (χ1v) is 9.71. The maximum atomic E-state index is 13.1. The highest BCUT2D eigenvalue weighted by Gasteiger charge is 2.36. The Hall–Kier alpha value is -1.85. The molecule has 148 valence electrons. The van der Waals surface area contributed by atoms with Gasteiger partial charge in [0.2, 0.25) is 0 Å². The van der Waals surface area contributed by atoms with Gasteiger partial charge in [-0.15, -0.1) is 6.58 Å². The zero-order chi connectivity index (χ0) is 19.7. The Morgan fingerprint density at radius 2 is 2.00 bits per heavy atom. The number of hydrogen-bond donors (Lipinski definition) is 1. The minimum absolute atomic E-state index is 0.0174. The molecule has 0 bridgehead atoms. The van der Waals surface area contributed by atoms with Gasteiger partial charge in [-0.2, -0.15) is 0 Å². The van der Waals surface area contributed by atoms with E-state index in [-0.39, 0.29) is 35.8 Å². The lowest BCUT2D eigenvalue weighted by molar-refractivity contribution is -0.149. The number of hydrogen-bond acceptors (Lipinski definition) is 5. The lowest BCUT2D eigenvalue weighted by Crippen LogP contribution is -2.54. The molecule has 1 aliphatic carbocycles. The number of carbonyl (C=O) groups excluding carboxylic acids is 1. The Bertz CT molecular complexity index is 521. The molecule has 0 saturated heterocycles. The van der Waals surface area contributed by atoms with Gasteiger partial charge >= 0.3 is 5.97 Å². The number of nitrogens with zero attached hydrogens (tertiary/aromatic N) is 2. The Balaban J connectivity index is 0.00000163. The van der Waals surface area contributed by atoms with E-state index in [9.17, 15) is 9.18 Å². The maximum Gasteiger partial charge on any atom is 0.308 e. The number of allylic oxidation sites excluding steroid dienone is 1. The predicted octanol–water partition coefficient (Wildman–Crippen LogP) is 3.95. The minimum Gasteiger partial charge on any atom is -0.466 e. The van der Waals surface area contributed by atoms with Gasteiger partial charge in [-0.05, 0) is 52.0 Å². The van der Waals surface area contributed by atoms with Crippen LogP contribution in [0.25, 0.3) is 0 Å². The molecule has 6 heteroatoms. The molecule has 0 aromatic rings. The van der Waals surface area contributed by atoms with Crippen molar-refractivity contribution in [2.24, 2.45) is 16.6 Å². The van der Waals surface area contributed by atoms with Gasteiger partial charge in [0, 0.05) is 6.04 Å². The Kier molecular flexibility index (Phi) is 9.38. The molecule has 0 spiro atoms. The van der Waals surface area contributed by atoms with Gasteiger partial charge in [0.05, 0.1) is 30.4 Å². The number of aliphatic imine (C=N–C) groups is 1. The molecular formula is C20H34FN3O2. The van der Waals surface area contributed by atoms with Crippen molar-refractivity contribution in [3.63, 3.8) is 0 Å². The molecule has 0 radical (unpaired) electrons. The average Bonchev–Trinajstić information content (AvgIpc) is 2.62. The van der Waals surface area contributed by atoms with E-state index in [2.05, 4.69) is 16.5 Å². The number of rotatable bonds is 5. The van der Waals surface area contributed by atoms with Crippen LogP contribution in [-0.2, 0) is 9.53 Å². The molecule has 0 amide bonds. The van der Waals surface area contributed by atoms with Gasteiger partial charge in [0.1, 0.15) is 0 Å². The van der Waals surface area contributed by atoms with Crippen molar-refractivity contribution in [2.75, 3.05) is 6.61 Å². The van der Waals surface area contributed by atoms with E-state index in [0.717, 1.165) is 25.7 Å². The third-order valence-corrected chi connectivity index (χ3v) is 4.81. The molecule has 0 aromatic heterocycles. The Morgan fingerprint density at radius 3 is 2.50 bits per heavy atom. The third-order valence-electron chi connectivity index (χ3n) is 4.81. The average molecular weight is 368 g/mol. The third kappa shape index (κ3) is 5.85. The number of esters is 1. The first-order valence-electron chi connectivity index (χ1n) is 9.71. The fourth-order valence-corrected chi connectivity index (χ4v) is 3.71. The van der Waals surface area contributed by atoms with E-state index in [1.807, 2.05) is 26.8 Å². The molecule has 26 heavy (non-hydrogen) atoms. The molecule has 1 heterocycles. The van der Waals surface area contributed by atoms with Crippen LogP contribution in [0, 0.1) is 5.92 Å². The first kappa shape index (κ1) is 22.2. The van der Waals surface area contributed by atoms with E-state index in [1.54, 1.807) is 0 Å². The maximum absolute atomic E-state index is 13.1. The molecule has 2 N–H and O–H groups in total. The van der Waals surface area contributed by atoms with Crippen LogP contribution in [0.3, 0.4) is 0 Å². The molecule has 1 saturated carbocycles. The molecule has 2 atom stereocenters. The van der Waals surface area contributed by atoms with E-state index in [0.29, 0.717) is 19.0 Å². The van der Waals surface area contributed by atoms with Crippen LogP contribution < -0.4 is 5.73 Å². The SMILES string of the molecule is C=CC1CC(/C=C(\C)F)N=C(N)N1C1CCC(C(=O)OCC)CC1.CC. The summed E-state index contributed by atoms with van der Waals surface area (Å²) < 4.78 is 18.3. The molecule has 2 unspecified atom stereocenters. The monoisotopic (exact) mass is 367 g/mol. The summed E-state index contributed by atoms with van der Waals surface area (Å²) in [6.45, 7) is 11.6. The second kappa shape index (κ2) is 11.0. The van der Waals surface area contributed by atoms with Crippen LogP contribution in [0.5, 0.6) is 0 Å². The number of guanidine groups is 1. The fourth-order valence-electron chi connectivity index (χ4n) is 3.71. The van der Waals surface area contributed by atoms with Gasteiger partial charge in [0.25, 0.3) is 0 Å². The zero-order valence-electron chi connectivity index (χ0n) is 16.6. The van der Waals surface area contributed by atoms with Crippen molar-refractivity contribution in [1.82, 2.24) is 4.90 Å². The molecule has 2 rings (SSSR count). The van der Waals surface area contributed by atoms with Crippen LogP contribution >= 0.6 is 0 Å². The minimum atomic E-state index is -0.247. The van der Waals surface area contributed by atoms with E-state index in [1.165, 1.54) is 13.0 Å². The largest absolute Gasteiger partial charge is 0.466 e. The quantitative estimate of drug-likeness (QED) is 0.590. The van der Waals surface area contributed by atoms with Crippen LogP contribution in [0.15, 0.2) is 29.6 Å². The number of carbonyl (C=O) groups is 1. The Labute approximate surface area is 157 Å². The standard InChI is InChI=1S/C18H28FN3O2.C2H6/c1-4-15-11-14(10-12(3)19)21-18(20)22(15)16-8-6-13(7-9-16)17(23)24-5-2;1-2/h4,10,13-16H,1,5-9,11H2,2-3H3,(H2,20,21);1-2H3/b12-10+;. The molecular weight excluding hydrogens is 333 g/mol. The summed E-state index contributed by atoms with van der Waals surface area (Å²) in [6, 6.07) is 0.0243. The van der Waals surface area contributed by atoms with E-state index in [4.69, 9.17) is 10.5 Å². The van der Waals surface area contributed by atoms with Crippen LogP contribution in [0.1, 0.15) is 59.8 Å². The predicted molar refractivity (Wildman–Crippen MR) is 104 cm³/mol. The summed E-state index contributed by atoms with van der Waals surface area (Å²) in [5.74, 6) is 0.0762. The molecule has 0 aromatic carbocycles. The van der Waals surface area contributed by atoms with Crippen molar-refractivity contribution < 1.29 is 13.9 Å². The lowest BCUT2D eigenvalue weighted by atomic mass is 9.84. The van der Waals surface area contributed by atoms with Crippen molar-refractivity contribution in [1.29, 1.82) is 0 Å². The van der Waals surface area contributed by atoms with Gasteiger partial charge < -0.3 is 15.4 Å². The summed E-state index contributed by atoms with van der Waals surface area (Å²) in [5, 5.41) is 0. The number of ether oxygens (including phenoxy) is 1. The van der Waals surface area contributed by atoms with Crippen molar-refractivity contribution in [2.45, 2.75) is 77.9 Å². The summed E-state index contributed by atoms with van der Waals surface area (Å²) in [7, 11) is 0. The van der Waals surface area contributed by atoms with E-state index >= 15 is 0 Å². The first-order chi connectivity index (χ1) is 12.5. The van der Waals surface area contributed by atoms with Crippen LogP contribution in [0.4, 0.5) is 4.39 Å². The number of nitrogens with two attached hydrogens (primary N) is 1. The highest BCUT2D eigenvalue weighted by molar-refractivity contribution is 5.80. The lowest BCUT2D eigenvalue weighted by Gasteiger charge is -2.43. The Morgan fingerprint density at radius 1 is 1.38 bits per heavy atom. The summed E-state index contributed by atoms with van der Waals surface area (Å²) in [6.07, 6.45) is 7.35. The van der Waals surface area contributed by atoms with Gasteiger partial charge in [-0.1, -0.05) is 19.9 Å². The zero-order valence-corrected chi connectivity index (χ0v) is 16.6. The molecule has 5 nitrogen and oxygen atoms in total. The van der Waals surface area contributed by atoms with Crippen LogP contribution in [-0.4, -0.2) is 41.6 Å². The summed E-state index contributed by atoms with van der Waals surface area (Å²) in [4.78, 5) is 18.4. The van der Waals surface area contributed by atoms with Crippen molar-refractivity contribution in [3.05, 3.63) is 24.6 Å². The molecule has 2 aliphatic rings.